The molecule has 5 heteroatoms. The number of aromatic nitrogens is 1. The van der Waals surface area contributed by atoms with Gasteiger partial charge >= 0.3 is 0 Å². The highest BCUT2D eigenvalue weighted by Gasteiger charge is 1.98. The molecule has 0 aromatic carbocycles. The monoisotopic (exact) mass is 223 g/mol. The van der Waals surface area contributed by atoms with Crippen LogP contribution in [-0.2, 0) is 6.54 Å². The smallest absolute Gasteiger partial charge is 0.180 e. The van der Waals surface area contributed by atoms with E-state index in [1.165, 1.54) is 11.8 Å². The summed E-state index contributed by atoms with van der Waals surface area (Å²) in [4.78, 5) is 8.18. The molecule has 0 aliphatic carbocycles. The second-order valence-corrected chi connectivity index (χ2v) is 3.51. The third-order valence-electron chi connectivity index (χ3n) is 1.85. The zero-order valence-electron chi connectivity index (χ0n) is 8.47. The molecule has 0 radical (unpaired) electrons. The fourth-order valence-electron chi connectivity index (χ4n) is 1.07. The summed E-state index contributed by atoms with van der Waals surface area (Å²) >= 11 is 1.35. The largest absolute Gasteiger partial charge is 0.289 e. The first kappa shape index (κ1) is 11.7. The molecule has 0 atom stereocenters. The van der Waals surface area contributed by atoms with Gasteiger partial charge in [-0.25, -0.2) is 5.48 Å². The molecule has 0 bridgehead atoms. The summed E-state index contributed by atoms with van der Waals surface area (Å²) < 4.78 is 0. The molecule has 1 aromatic rings. The van der Waals surface area contributed by atoms with Crippen LogP contribution in [0.3, 0.4) is 0 Å². The average Bonchev–Trinajstić information content (AvgIpc) is 2.31. The minimum Gasteiger partial charge on any atom is -0.289 e. The van der Waals surface area contributed by atoms with Crippen LogP contribution in [0.15, 0.2) is 30.0 Å². The van der Waals surface area contributed by atoms with Crippen molar-refractivity contribution in [2.24, 2.45) is 4.99 Å². The van der Waals surface area contributed by atoms with E-state index in [0.717, 1.165) is 11.1 Å². The average molecular weight is 223 g/mol. The van der Waals surface area contributed by atoms with Gasteiger partial charge < -0.3 is 0 Å². The van der Waals surface area contributed by atoms with Crippen molar-refractivity contribution in [1.29, 1.82) is 0 Å². The molecule has 4 nitrogen and oxygen atoms in total. The first-order valence-electron chi connectivity index (χ1n) is 4.35. The van der Waals surface area contributed by atoms with E-state index in [1.54, 1.807) is 18.5 Å². The number of aliphatic imine (C=N–C) groups is 1. The third-order valence-corrected chi connectivity index (χ3v) is 2.46. The molecule has 0 saturated carbocycles. The van der Waals surface area contributed by atoms with E-state index < -0.39 is 0 Å². The van der Waals surface area contributed by atoms with Crippen molar-refractivity contribution in [2.45, 2.75) is 6.54 Å². The Bertz CT molecular complexity index is 359. The van der Waals surface area contributed by atoms with Crippen molar-refractivity contribution in [3.05, 3.63) is 36.2 Å². The van der Waals surface area contributed by atoms with Crippen molar-refractivity contribution in [1.82, 2.24) is 10.5 Å². The van der Waals surface area contributed by atoms with Crippen molar-refractivity contribution >= 4 is 23.0 Å². The third kappa shape index (κ3) is 3.38. The van der Waals surface area contributed by atoms with Gasteiger partial charge in [0.25, 0.3) is 0 Å². The highest BCUT2D eigenvalue weighted by atomic mass is 32.2. The van der Waals surface area contributed by atoms with Gasteiger partial charge in [-0.15, -0.1) is 0 Å². The summed E-state index contributed by atoms with van der Waals surface area (Å²) in [5.74, 6) is 0. The van der Waals surface area contributed by atoms with Crippen LogP contribution in [0.4, 0.5) is 0 Å². The Balaban J connectivity index is 2.80. The second kappa shape index (κ2) is 6.21. The lowest BCUT2D eigenvalue weighted by Gasteiger charge is -2.03. The van der Waals surface area contributed by atoms with Crippen molar-refractivity contribution < 1.29 is 5.21 Å². The van der Waals surface area contributed by atoms with Crippen molar-refractivity contribution in [3.63, 3.8) is 0 Å². The molecule has 15 heavy (non-hydrogen) atoms. The molecular weight excluding hydrogens is 210 g/mol. The number of hydrogen-bond donors (Lipinski definition) is 2. The molecule has 0 saturated heterocycles. The molecule has 0 fully saturated rings. The zero-order valence-corrected chi connectivity index (χ0v) is 9.29. The maximum atomic E-state index is 8.70. The molecule has 2 N–H and O–H groups in total. The minimum atomic E-state index is 0.488. The van der Waals surface area contributed by atoms with Crippen LogP contribution in [-0.4, -0.2) is 21.6 Å². The number of hydrogen-bond acceptors (Lipinski definition) is 4. The van der Waals surface area contributed by atoms with Gasteiger partial charge in [0.1, 0.15) is 0 Å². The maximum absolute atomic E-state index is 8.70. The van der Waals surface area contributed by atoms with Gasteiger partial charge in [0.2, 0.25) is 0 Å². The van der Waals surface area contributed by atoms with E-state index >= 15 is 0 Å². The molecule has 1 rings (SSSR count). The van der Waals surface area contributed by atoms with E-state index in [9.17, 15) is 0 Å². The predicted octanol–water partition coefficient (Wildman–Crippen LogP) is 1.92. The Labute approximate surface area is 93.1 Å². The van der Waals surface area contributed by atoms with Crippen LogP contribution in [0, 0.1) is 0 Å². The lowest BCUT2D eigenvalue weighted by molar-refractivity contribution is 0.237. The number of rotatable bonds is 3. The van der Waals surface area contributed by atoms with Gasteiger partial charge in [0.15, 0.2) is 5.17 Å². The summed E-state index contributed by atoms with van der Waals surface area (Å²) in [6.07, 6.45) is 7.03. The molecule has 0 unspecified atom stereocenters. The fourth-order valence-corrected chi connectivity index (χ4v) is 1.35. The first-order valence-corrected chi connectivity index (χ1v) is 5.58. The van der Waals surface area contributed by atoms with Gasteiger partial charge in [-0.2, -0.15) is 0 Å². The number of thioether (sulfide) groups is 1. The van der Waals surface area contributed by atoms with Crippen LogP contribution in [0.1, 0.15) is 11.1 Å². The molecule has 0 amide bonds. The standard InChI is InChI=1S/C10H13N3OS/c1-3-8-6-11-5-4-9(8)7-12-10(13-14)15-2/h3-6,14H,1,7H2,2H3,(H,12,13). The van der Waals surface area contributed by atoms with Gasteiger partial charge in [0.05, 0.1) is 6.54 Å². The number of nitrogens with zero attached hydrogens (tertiary/aromatic N) is 2. The Morgan fingerprint density at radius 1 is 1.80 bits per heavy atom. The van der Waals surface area contributed by atoms with Crippen LogP contribution in [0.2, 0.25) is 0 Å². The predicted molar refractivity (Wildman–Crippen MR) is 63.9 cm³/mol. The summed E-state index contributed by atoms with van der Waals surface area (Å²) in [6.45, 7) is 4.19. The Kier molecular flexibility index (Phi) is 4.86. The molecule has 0 aliphatic rings. The van der Waals surface area contributed by atoms with Crippen LogP contribution in [0.5, 0.6) is 0 Å². The van der Waals surface area contributed by atoms with Crippen LogP contribution < -0.4 is 5.48 Å². The first-order chi connectivity index (χ1) is 7.31. The summed E-state index contributed by atoms with van der Waals surface area (Å²) in [5, 5.41) is 9.18. The Hall–Kier alpha value is -1.33. The molecule has 1 heterocycles. The van der Waals surface area contributed by atoms with E-state index in [0.29, 0.717) is 11.7 Å². The highest BCUT2D eigenvalue weighted by molar-refractivity contribution is 8.13. The molecule has 0 spiro atoms. The number of amidine groups is 1. The summed E-state index contributed by atoms with van der Waals surface area (Å²) in [6, 6.07) is 1.88. The summed E-state index contributed by atoms with van der Waals surface area (Å²) in [7, 11) is 0. The Morgan fingerprint density at radius 2 is 2.60 bits per heavy atom. The number of nitrogens with one attached hydrogen (secondary N) is 1. The fraction of sp³-hybridized carbons (Fsp3) is 0.200. The minimum absolute atomic E-state index is 0.488. The number of hydroxylamine groups is 1. The molecular formula is C10H13N3OS. The Morgan fingerprint density at radius 3 is 3.20 bits per heavy atom. The van der Waals surface area contributed by atoms with E-state index in [1.807, 2.05) is 17.8 Å². The SMILES string of the molecule is C=Cc1cnccc1CN=C(NO)SC. The summed E-state index contributed by atoms with van der Waals surface area (Å²) in [5.41, 5.74) is 4.02. The van der Waals surface area contributed by atoms with E-state index in [2.05, 4.69) is 16.6 Å². The van der Waals surface area contributed by atoms with Crippen LogP contribution in [0.25, 0.3) is 6.08 Å². The normalized spacial score (nSPS) is 11.2. The zero-order chi connectivity index (χ0) is 11.1. The van der Waals surface area contributed by atoms with Gasteiger partial charge in [-0.1, -0.05) is 24.4 Å². The van der Waals surface area contributed by atoms with E-state index in [-0.39, 0.29) is 0 Å². The quantitative estimate of drug-likeness (QED) is 0.467. The van der Waals surface area contributed by atoms with Gasteiger partial charge in [0, 0.05) is 12.4 Å². The molecule has 80 valence electrons. The lowest BCUT2D eigenvalue weighted by atomic mass is 10.1. The number of pyridine rings is 1. The van der Waals surface area contributed by atoms with Gasteiger partial charge in [-0.3, -0.25) is 15.2 Å². The topological polar surface area (TPSA) is 57.5 Å². The maximum Gasteiger partial charge on any atom is 0.180 e. The molecule has 1 aromatic heterocycles. The van der Waals surface area contributed by atoms with Crippen LogP contribution >= 0.6 is 11.8 Å². The lowest BCUT2D eigenvalue weighted by Crippen LogP contribution is -2.14. The second-order valence-electron chi connectivity index (χ2n) is 2.72. The molecule has 0 aliphatic heterocycles. The van der Waals surface area contributed by atoms with Crippen molar-refractivity contribution in [3.8, 4) is 0 Å². The van der Waals surface area contributed by atoms with Crippen molar-refractivity contribution in [2.75, 3.05) is 6.26 Å². The van der Waals surface area contributed by atoms with Gasteiger partial charge in [-0.05, 0) is 23.4 Å². The van der Waals surface area contributed by atoms with E-state index in [4.69, 9.17) is 5.21 Å². The highest BCUT2D eigenvalue weighted by Crippen LogP contribution is 2.10.